The van der Waals surface area contributed by atoms with Crippen molar-refractivity contribution in [1.82, 2.24) is 10.3 Å². The minimum absolute atomic E-state index is 0.512. The molecule has 122 valence electrons. The first-order valence-corrected chi connectivity index (χ1v) is 8.00. The first kappa shape index (κ1) is 14.8. The number of ether oxygens (including phenoxy) is 1. The van der Waals surface area contributed by atoms with Crippen molar-refractivity contribution >= 4 is 16.9 Å². The van der Waals surface area contributed by atoms with Crippen molar-refractivity contribution < 1.29 is 14.6 Å². The number of fused-ring (bicyclic) bond motifs is 3. The summed E-state index contributed by atoms with van der Waals surface area (Å²) in [5, 5.41) is 13.4. The number of carboxylic acids is 1. The van der Waals surface area contributed by atoms with E-state index in [-0.39, 0.29) is 0 Å². The van der Waals surface area contributed by atoms with Gasteiger partial charge < -0.3 is 14.8 Å². The van der Waals surface area contributed by atoms with Crippen LogP contribution < -0.4 is 10.1 Å². The Kier molecular flexibility index (Phi) is 3.70. The van der Waals surface area contributed by atoms with E-state index in [2.05, 4.69) is 10.3 Å². The molecule has 0 bridgehead atoms. The predicted molar refractivity (Wildman–Crippen MR) is 91.2 cm³/mol. The maximum atomic E-state index is 11.4. The summed E-state index contributed by atoms with van der Waals surface area (Å²) in [6.45, 7) is 1.17. The van der Waals surface area contributed by atoms with Crippen molar-refractivity contribution in [2.45, 2.75) is 19.1 Å². The summed E-state index contributed by atoms with van der Waals surface area (Å²) in [4.78, 5) is 14.7. The van der Waals surface area contributed by atoms with Gasteiger partial charge in [0.1, 0.15) is 18.4 Å². The van der Waals surface area contributed by atoms with Gasteiger partial charge in [0.15, 0.2) is 0 Å². The lowest BCUT2D eigenvalue weighted by Gasteiger charge is -2.20. The van der Waals surface area contributed by atoms with Crippen LogP contribution in [-0.2, 0) is 17.8 Å². The van der Waals surface area contributed by atoms with Gasteiger partial charge in [0.25, 0.3) is 0 Å². The van der Waals surface area contributed by atoms with Gasteiger partial charge in [-0.1, -0.05) is 30.3 Å². The normalized spacial score (nSPS) is 16.8. The average molecular weight is 322 g/mol. The summed E-state index contributed by atoms with van der Waals surface area (Å²) in [6.07, 6.45) is 0.807. The molecule has 0 aliphatic carbocycles. The zero-order chi connectivity index (χ0) is 16.5. The van der Waals surface area contributed by atoms with E-state index in [1.807, 2.05) is 48.5 Å². The summed E-state index contributed by atoms with van der Waals surface area (Å²) >= 11 is 0. The average Bonchev–Trinajstić information content (AvgIpc) is 2.98. The lowest BCUT2D eigenvalue weighted by atomic mass is 9.99. The quantitative estimate of drug-likeness (QED) is 0.690. The number of carboxylic acid groups (broad SMARTS) is 1. The molecule has 1 aromatic heterocycles. The molecule has 24 heavy (non-hydrogen) atoms. The Morgan fingerprint density at radius 2 is 2.04 bits per heavy atom. The monoisotopic (exact) mass is 322 g/mol. The van der Waals surface area contributed by atoms with Gasteiger partial charge in [-0.25, -0.2) is 0 Å². The molecular weight excluding hydrogens is 304 g/mol. The first-order valence-electron chi connectivity index (χ1n) is 8.00. The molecule has 1 unspecified atom stereocenters. The standard InChI is InChI=1S/C19H18N2O3/c22-19(23)18-17-14(8-9-20-18)15-10-13(6-7-16(15)21-17)24-11-12-4-2-1-3-5-12/h1-7,10,18,20-21H,8-9,11H2,(H,22,23). The van der Waals surface area contributed by atoms with Crippen LogP contribution in [0.15, 0.2) is 48.5 Å². The lowest BCUT2D eigenvalue weighted by Crippen LogP contribution is -2.34. The number of benzene rings is 2. The molecule has 5 nitrogen and oxygen atoms in total. The molecule has 3 N–H and O–H groups in total. The third-order valence-electron chi connectivity index (χ3n) is 4.42. The second-order valence-corrected chi connectivity index (χ2v) is 5.97. The van der Waals surface area contributed by atoms with E-state index in [4.69, 9.17) is 4.74 Å². The molecule has 0 saturated carbocycles. The molecule has 3 aromatic rings. The molecule has 1 aliphatic heterocycles. The Morgan fingerprint density at radius 1 is 1.21 bits per heavy atom. The van der Waals surface area contributed by atoms with E-state index in [0.29, 0.717) is 13.2 Å². The van der Waals surface area contributed by atoms with Gasteiger partial charge in [-0.2, -0.15) is 0 Å². The van der Waals surface area contributed by atoms with E-state index in [9.17, 15) is 9.90 Å². The Labute approximate surface area is 139 Å². The molecule has 0 radical (unpaired) electrons. The number of rotatable bonds is 4. The molecule has 1 aliphatic rings. The van der Waals surface area contributed by atoms with Gasteiger partial charge in [0.2, 0.25) is 0 Å². The summed E-state index contributed by atoms with van der Waals surface area (Å²) in [5.41, 5.74) is 3.89. The van der Waals surface area contributed by atoms with Crippen LogP contribution in [0.3, 0.4) is 0 Å². The largest absolute Gasteiger partial charge is 0.489 e. The number of aromatic nitrogens is 1. The maximum absolute atomic E-state index is 11.4. The van der Waals surface area contributed by atoms with Gasteiger partial charge in [0.05, 0.1) is 0 Å². The SMILES string of the molecule is O=C(O)C1NCCc2c1[nH]c1ccc(OCc3ccccc3)cc21. The van der Waals surface area contributed by atoms with Crippen LogP contribution in [0.25, 0.3) is 10.9 Å². The highest BCUT2D eigenvalue weighted by Crippen LogP contribution is 2.32. The van der Waals surface area contributed by atoms with Crippen LogP contribution in [0, 0.1) is 0 Å². The van der Waals surface area contributed by atoms with Crippen LogP contribution in [0.4, 0.5) is 0 Å². The number of carbonyl (C=O) groups is 1. The van der Waals surface area contributed by atoms with Crippen molar-refractivity contribution in [2.24, 2.45) is 0 Å². The number of H-pyrrole nitrogens is 1. The fourth-order valence-corrected chi connectivity index (χ4v) is 3.25. The van der Waals surface area contributed by atoms with Crippen LogP contribution in [0.2, 0.25) is 0 Å². The van der Waals surface area contributed by atoms with E-state index in [1.54, 1.807) is 0 Å². The Balaban J connectivity index is 1.64. The topological polar surface area (TPSA) is 74.4 Å². The maximum Gasteiger partial charge on any atom is 0.326 e. The molecule has 2 aromatic carbocycles. The van der Waals surface area contributed by atoms with Crippen LogP contribution in [0.5, 0.6) is 5.75 Å². The minimum Gasteiger partial charge on any atom is -0.489 e. The number of hydrogen-bond acceptors (Lipinski definition) is 3. The van der Waals surface area contributed by atoms with Gasteiger partial charge in [0, 0.05) is 23.1 Å². The van der Waals surface area contributed by atoms with E-state index in [0.717, 1.165) is 39.9 Å². The highest BCUT2D eigenvalue weighted by Gasteiger charge is 2.28. The minimum atomic E-state index is -0.858. The van der Waals surface area contributed by atoms with E-state index >= 15 is 0 Å². The molecule has 0 saturated heterocycles. The summed E-state index contributed by atoms with van der Waals surface area (Å²) in [6, 6.07) is 15.2. The Hall–Kier alpha value is -2.79. The van der Waals surface area contributed by atoms with Crippen LogP contribution in [0.1, 0.15) is 22.9 Å². The summed E-state index contributed by atoms with van der Waals surface area (Å²) < 4.78 is 5.89. The van der Waals surface area contributed by atoms with Crippen molar-refractivity contribution in [3.05, 3.63) is 65.4 Å². The van der Waals surface area contributed by atoms with E-state index < -0.39 is 12.0 Å². The third kappa shape index (κ3) is 2.63. The van der Waals surface area contributed by atoms with E-state index in [1.165, 1.54) is 0 Å². The first-order chi connectivity index (χ1) is 11.7. The van der Waals surface area contributed by atoms with Crippen molar-refractivity contribution in [3.8, 4) is 5.75 Å². The molecule has 0 amide bonds. The summed E-state index contributed by atoms with van der Waals surface area (Å²) in [7, 11) is 0. The van der Waals surface area contributed by atoms with Crippen molar-refractivity contribution in [2.75, 3.05) is 6.54 Å². The zero-order valence-corrected chi connectivity index (χ0v) is 13.1. The fourth-order valence-electron chi connectivity index (χ4n) is 3.25. The molecule has 5 heteroatoms. The highest BCUT2D eigenvalue weighted by molar-refractivity contribution is 5.89. The van der Waals surface area contributed by atoms with Crippen molar-refractivity contribution in [3.63, 3.8) is 0 Å². The van der Waals surface area contributed by atoms with Crippen molar-refractivity contribution in [1.29, 1.82) is 0 Å². The second kappa shape index (κ2) is 6.02. The Bertz CT molecular complexity index is 886. The summed E-state index contributed by atoms with van der Waals surface area (Å²) in [5.74, 6) is -0.0679. The molecule has 2 heterocycles. The zero-order valence-electron chi connectivity index (χ0n) is 13.1. The Morgan fingerprint density at radius 3 is 2.83 bits per heavy atom. The lowest BCUT2D eigenvalue weighted by molar-refractivity contribution is -0.139. The number of aromatic amines is 1. The number of nitrogens with one attached hydrogen (secondary N) is 2. The molecule has 0 fully saturated rings. The van der Waals surface area contributed by atoms with Gasteiger partial charge in [-0.05, 0) is 35.7 Å². The van der Waals surface area contributed by atoms with Gasteiger partial charge >= 0.3 is 5.97 Å². The van der Waals surface area contributed by atoms with Crippen LogP contribution >= 0.6 is 0 Å². The number of aliphatic carboxylic acids is 1. The van der Waals surface area contributed by atoms with Gasteiger partial charge in [-0.15, -0.1) is 0 Å². The molecule has 0 spiro atoms. The smallest absolute Gasteiger partial charge is 0.326 e. The van der Waals surface area contributed by atoms with Gasteiger partial charge in [-0.3, -0.25) is 10.1 Å². The second-order valence-electron chi connectivity index (χ2n) is 5.97. The highest BCUT2D eigenvalue weighted by atomic mass is 16.5. The predicted octanol–water partition coefficient (Wildman–Crippen LogP) is 3.02. The molecule has 4 rings (SSSR count). The molecule has 1 atom stereocenters. The molecular formula is C19H18N2O3. The fraction of sp³-hybridized carbons (Fsp3) is 0.211. The van der Waals surface area contributed by atoms with Crippen LogP contribution in [-0.4, -0.2) is 22.6 Å². The third-order valence-corrected chi connectivity index (χ3v) is 4.42. The number of hydrogen-bond donors (Lipinski definition) is 3.